The third-order valence-electron chi connectivity index (χ3n) is 4.66. The van der Waals surface area contributed by atoms with Crippen molar-refractivity contribution in [2.45, 2.75) is 63.7 Å². The molecule has 2 unspecified atom stereocenters. The summed E-state index contributed by atoms with van der Waals surface area (Å²) in [6, 6.07) is -2.23. The van der Waals surface area contributed by atoms with Crippen LogP contribution in [0.25, 0.3) is 0 Å². The molecule has 2 fully saturated rings. The van der Waals surface area contributed by atoms with Gasteiger partial charge in [0.15, 0.2) is 0 Å². The normalized spacial score (nSPS) is 29.9. The summed E-state index contributed by atoms with van der Waals surface area (Å²) in [5.74, 6) is -0.286. The third kappa shape index (κ3) is 3.22. The molecule has 1 heterocycles. The molecule has 1 aliphatic heterocycles. The number of rotatable bonds is 4. The first kappa shape index (κ1) is 14.6. The van der Waals surface area contributed by atoms with Gasteiger partial charge < -0.3 is 5.32 Å². The Labute approximate surface area is 111 Å². The highest BCUT2D eigenvalue weighted by atomic mass is 19.4. The number of halogens is 3. The first-order chi connectivity index (χ1) is 8.86. The molecule has 0 aromatic rings. The smallest absolute Gasteiger partial charge is 0.354 e. The Morgan fingerprint density at radius 1 is 1.37 bits per heavy atom. The maximum absolute atomic E-state index is 12.5. The van der Waals surface area contributed by atoms with Crippen molar-refractivity contribution in [1.82, 2.24) is 10.6 Å². The molecular formula is C13H21F3N2O. The average Bonchev–Trinajstić information content (AvgIpc) is 2.76. The van der Waals surface area contributed by atoms with Crippen LogP contribution >= 0.6 is 0 Å². The Bertz CT molecular complexity index is 334. The van der Waals surface area contributed by atoms with E-state index >= 15 is 0 Å². The molecule has 1 saturated carbocycles. The van der Waals surface area contributed by atoms with Gasteiger partial charge in [0.05, 0.1) is 6.04 Å². The van der Waals surface area contributed by atoms with Gasteiger partial charge in [-0.15, -0.1) is 0 Å². The van der Waals surface area contributed by atoms with E-state index in [0.717, 1.165) is 19.3 Å². The Hall–Kier alpha value is -0.780. The molecule has 1 amide bonds. The molecule has 110 valence electrons. The summed E-state index contributed by atoms with van der Waals surface area (Å²) >= 11 is 0. The van der Waals surface area contributed by atoms with Crippen molar-refractivity contribution in [3.8, 4) is 0 Å². The third-order valence-corrected chi connectivity index (χ3v) is 4.66. The van der Waals surface area contributed by atoms with E-state index in [4.69, 9.17) is 0 Å². The highest BCUT2D eigenvalue weighted by Gasteiger charge is 2.45. The molecule has 0 aromatic heterocycles. The van der Waals surface area contributed by atoms with Gasteiger partial charge in [0.2, 0.25) is 5.91 Å². The molecule has 19 heavy (non-hydrogen) atoms. The molecule has 1 saturated heterocycles. The monoisotopic (exact) mass is 278 g/mol. The largest absolute Gasteiger partial charge is 0.403 e. The number of nitrogens with one attached hydrogen (secondary N) is 2. The second-order valence-electron chi connectivity index (χ2n) is 5.82. The number of hydrogen-bond donors (Lipinski definition) is 2. The zero-order valence-corrected chi connectivity index (χ0v) is 11.1. The van der Waals surface area contributed by atoms with E-state index < -0.39 is 18.3 Å². The predicted molar refractivity (Wildman–Crippen MR) is 65.6 cm³/mol. The Balaban J connectivity index is 1.78. The summed E-state index contributed by atoms with van der Waals surface area (Å²) in [7, 11) is 0. The summed E-state index contributed by atoms with van der Waals surface area (Å²) in [4.78, 5) is 11.9. The molecule has 0 aromatic carbocycles. The van der Waals surface area contributed by atoms with Gasteiger partial charge in [-0.2, -0.15) is 13.2 Å². The van der Waals surface area contributed by atoms with E-state index in [1.807, 2.05) is 0 Å². The van der Waals surface area contributed by atoms with Gasteiger partial charge in [0.1, 0.15) is 6.04 Å². The zero-order chi connectivity index (χ0) is 14.1. The molecule has 0 radical (unpaired) electrons. The number of hydrogen-bond acceptors (Lipinski definition) is 2. The van der Waals surface area contributed by atoms with Crippen LogP contribution in [0.1, 0.15) is 45.4 Å². The van der Waals surface area contributed by atoms with Crippen molar-refractivity contribution < 1.29 is 18.0 Å². The Morgan fingerprint density at radius 2 is 2.05 bits per heavy atom. The molecule has 1 aliphatic carbocycles. The lowest BCUT2D eigenvalue weighted by molar-refractivity contribution is -0.153. The van der Waals surface area contributed by atoms with Gasteiger partial charge in [-0.3, -0.25) is 10.1 Å². The summed E-state index contributed by atoms with van der Waals surface area (Å²) in [5.41, 5.74) is 0.192. The average molecular weight is 278 g/mol. The van der Waals surface area contributed by atoms with Crippen molar-refractivity contribution in [2.24, 2.45) is 5.41 Å². The fraction of sp³-hybridized carbons (Fsp3) is 0.923. The Morgan fingerprint density at radius 3 is 2.47 bits per heavy atom. The standard InChI is InChI=1S/C13H21F3N2O/c1-2-12(6-3-7-12)8-17-11(19)9-4-5-10(18-9)13(14,15)16/h9-10,18H,2-8H2,1H3,(H,17,19). The second kappa shape index (κ2) is 5.31. The van der Waals surface area contributed by atoms with Crippen LogP contribution in [0.3, 0.4) is 0 Å². The summed E-state index contributed by atoms with van der Waals surface area (Å²) in [6.07, 6.45) is 0.390. The van der Waals surface area contributed by atoms with E-state index in [0.29, 0.717) is 6.54 Å². The molecule has 2 rings (SSSR count). The molecular weight excluding hydrogens is 257 g/mol. The van der Waals surface area contributed by atoms with Crippen LogP contribution in [0, 0.1) is 5.41 Å². The first-order valence-corrected chi connectivity index (χ1v) is 6.97. The van der Waals surface area contributed by atoms with Crippen LogP contribution in [-0.2, 0) is 4.79 Å². The van der Waals surface area contributed by atoms with Gasteiger partial charge in [-0.1, -0.05) is 13.3 Å². The van der Waals surface area contributed by atoms with Crippen molar-refractivity contribution in [2.75, 3.05) is 6.54 Å². The number of alkyl halides is 3. The summed E-state index contributed by atoms with van der Waals surface area (Å²) in [5, 5.41) is 5.21. The highest BCUT2D eigenvalue weighted by Crippen LogP contribution is 2.43. The number of amides is 1. The molecule has 6 heteroatoms. The van der Waals surface area contributed by atoms with E-state index in [1.54, 1.807) is 0 Å². The van der Waals surface area contributed by atoms with Gasteiger partial charge in [0.25, 0.3) is 0 Å². The van der Waals surface area contributed by atoms with Gasteiger partial charge in [-0.25, -0.2) is 0 Å². The van der Waals surface area contributed by atoms with E-state index in [2.05, 4.69) is 17.6 Å². The van der Waals surface area contributed by atoms with Crippen LogP contribution in [0.15, 0.2) is 0 Å². The maximum atomic E-state index is 12.5. The molecule has 0 bridgehead atoms. The lowest BCUT2D eigenvalue weighted by atomic mass is 9.67. The maximum Gasteiger partial charge on any atom is 0.403 e. The minimum atomic E-state index is -4.26. The molecule has 2 aliphatic rings. The highest BCUT2D eigenvalue weighted by molar-refractivity contribution is 5.82. The van der Waals surface area contributed by atoms with Crippen LogP contribution in [-0.4, -0.2) is 30.7 Å². The molecule has 0 spiro atoms. The van der Waals surface area contributed by atoms with Crippen molar-refractivity contribution in [1.29, 1.82) is 0 Å². The topological polar surface area (TPSA) is 41.1 Å². The summed E-state index contributed by atoms with van der Waals surface area (Å²) < 4.78 is 37.5. The van der Waals surface area contributed by atoms with Crippen LogP contribution < -0.4 is 10.6 Å². The molecule has 2 atom stereocenters. The number of carbonyl (C=O) groups is 1. The predicted octanol–water partition coefficient (Wildman–Crippen LogP) is 2.37. The minimum absolute atomic E-state index is 0.0134. The minimum Gasteiger partial charge on any atom is -0.354 e. The van der Waals surface area contributed by atoms with E-state index in [-0.39, 0.29) is 24.2 Å². The fourth-order valence-electron chi connectivity index (χ4n) is 2.94. The van der Waals surface area contributed by atoms with E-state index in [1.165, 1.54) is 6.42 Å². The molecule has 3 nitrogen and oxygen atoms in total. The summed E-state index contributed by atoms with van der Waals surface area (Å²) in [6.45, 7) is 2.69. The van der Waals surface area contributed by atoms with Crippen LogP contribution in [0.2, 0.25) is 0 Å². The number of carbonyl (C=O) groups excluding carboxylic acids is 1. The van der Waals surface area contributed by atoms with Crippen LogP contribution in [0.4, 0.5) is 13.2 Å². The van der Waals surface area contributed by atoms with Crippen LogP contribution in [0.5, 0.6) is 0 Å². The SMILES string of the molecule is CCC1(CNC(=O)C2CCC(C(F)(F)F)N2)CCC1. The van der Waals surface area contributed by atoms with E-state index in [9.17, 15) is 18.0 Å². The van der Waals surface area contributed by atoms with Crippen molar-refractivity contribution in [3.63, 3.8) is 0 Å². The first-order valence-electron chi connectivity index (χ1n) is 6.97. The van der Waals surface area contributed by atoms with Crippen molar-refractivity contribution in [3.05, 3.63) is 0 Å². The van der Waals surface area contributed by atoms with Gasteiger partial charge >= 0.3 is 6.18 Å². The Kier molecular flexibility index (Phi) is 4.08. The van der Waals surface area contributed by atoms with Gasteiger partial charge in [-0.05, 0) is 37.5 Å². The second-order valence-corrected chi connectivity index (χ2v) is 5.82. The fourth-order valence-corrected chi connectivity index (χ4v) is 2.94. The van der Waals surface area contributed by atoms with Crippen molar-refractivity contribution >= 4 is 5.91 Å². The van der Waals surface area contributed by atoms with Gasteiger partial charge in [0, 0.05) is 6.54 Å². The lowest BCUT2D eigenvalue weighted by Gasteiger charge is -2.41. The lowest BCUT2D eigenvalue weighted by Crippen LogP contribution is -2.50. The quantitative estimate of drug-likeness (QED) is 0.829. The zero-order valence-electron chi connectivity index (χ0n) is 11.1. The molecule has 2 N–H and O–H groups in total.